The minimum Gasteiger partial charge on any atom is -0.465 e. The number of aryl methyl sites for hydroxylation is 1. The maximum Gasteiger partial charge on any atom is 0.341 e. The van der Waals surface area contributed by atoms with Crippen LogP contribution in [-0.4, -0.2) is 31.8 Å². The number of carbonyl (C=O) groups excluding carboxylic acids is 1. The van der Waals surface area contributed by atoms with E-state index in [4.69, 9.17) is 13.9 Å². The summed E-state index contributed by atoms with van der Waals surface area (Å²) in [7, 11) is 1.37. The zero-order valence-corrected chi connectivity index (χ0v) is 11.7. The van der Waals surface area contributed by atoms with Crippen molar-refractivity contribution in [3.63, 3.8) is 0 Å². The molecular weight excluding hydrogens is 246 g/mol. The van der Waals surface area contributed by atoms with Crippen molar-refractivity contribution in [2.45, 2.75) is 45.4 Å². The van der Waals surface area contributed by atoms with Crippen LogP contribution in [0.4, 0.5) is 0 Å². The van der Waals surface area contributed by atoms with Gasteiger partial charge in [0.2, 0.25) is 0 Å². The van der Waals surface area contributed by atoms with E-state index in [0.29, 0.717) is 17.9 Å². The highest BCUT2D eigenvalue weighted by Crippen LogP contribution is 2.18. The Morgan fingerprint density at radius 1 is 1.63 bits per heavy atom. The maximum absolute atomic E-state index is 11.5. The molecule has 1 aliphatic heterocycles. The molecule has 2 heterocycles. The molecule has 0 saturated carbocycles. The summed E-state index contributed by atoms with van der Waals surface area (Å²) in [6.07, 6.45) is 2.50. The Balaban J connectivity index is 1.90. The number of hydrogen-bond donors (Lipinski definition) is 1. The molecule has 0 bridgehead atoms. The van der Waals surface area contributed by atoms with Crippen molar-refractivity contribution in [1.82, 2.24) is 5.32 Å². The van der Waals surface area contributed by atoms with Crippen LogP contribution >= 0.6 is 0 Å². The van der Waals surface area contributed by atoms with Gasteiger partial charge in [0.05, 0.1) is 19.8 Å². The van der Waals surface area contributed by atoms with Gasteiger partial charge in [-0.15, -0.1) is 0 Å². The van der Waals surface area contributed by atoms with Gasteiger partial charge in [-0.3, -0.25) is 0 Å². The molecule has 1 saturated heterocycles. The number of carbonyl (C=O) groups is 1. The first-order valence-electron chi connectivity index (χ1n) is 6.64. The van der Waals surface area contributed by atoms with E-state index in [0.717, 1.165) is 25.2 Å². The lowest BCUT2D eigenvalue weighted by molar-refractivity contribution is 0.0599. The zero-order valence-electron chi connectivity index (χ0n) is 11.7. The largest absolute Gasteiger partial charge is 0.465 e. The topological polar surface area (TPSA) is 60.7 Å². The third-order valence-corrected chi connectivity index (χ3v) is 3.49. The van der Waals surface area contributed by atoms with Crippen molar-refractivity contribution in [2.24, 2.45) is 0 Å². The van der Waals surface area contributed by atoms with E-state index in [-0.39, 0.29) is 18.1 Å². The fraction of sp³-hybridized carbons (Fsp3) is 0.643. The number of rotatable bonds is 5. The van der Waals surface area contributed by atoms with Crippen LogP contribution in [0, 0.1) is 6.92 Å². The summed E-state index contributed by atoms with van der Waals surface area (Å²) in [4.78, 5) is 11.5. The van der Waals surface area contributed by atoms with Crippen LogP contribution in [-0.2, 0) is 16.0 Å². The Kier molecular flexibility index (Phi) is 4.61. The fourth-order valence-electron chi connectivity index (χ4n) is 2.33. The molecule has 1 fully saturated rings. The van der Waals surface area contributed by atoms with Crippen molar-refractivity contribution < 1.29 is 18.7 Å². The van der Waals surface area contributed by atoms with E-state index < -0.39 is 0 Å². The summed E-state index contributed by atoms with van der Waals surface area (Å²) in [6.45, 7) is 5.30. The Morgan fingerprint density at radius 3 is 3.05 bits per heavy atom. The maximum atomic E-state index is 11.5. The lowest BCUT2D eigenvalue weighted by Crippen LogP contribution is -2.36. The lowest BCUT2D eigenvalue weighted by atomic mass is 10.1. The molecule has 106 valence electrons. The van der Waals surface area contributed by atoms with Crippen LogP contribution in [0.5, 0.6) is 0 Å². The van der Waals surface area contributed by atoms with Crippen LogP contribution in [0.2, 0.25) is 0 Å². The van der Waals surface area contributed by atoms with Crippen molar-refractivity contribution in [2.75, 3.05) is 13.7 Å². The smallest absolute Gasteiger partial charge is 0.341 e. The number of nitrogens with one attached hydrogen (secondary N) is 1. The molecule has 1 aromatic heterocycles. The minimum atomic E-state index is -0.361. The van der Waals surface area contributed by atoms with E-state index in [1.165, 1.54) is 7.11 Å². The number of furan rings is 1. The van der Waals surface area contributed by atoms with Crippen molar-refractivity contribution >= 4 is 5.97 Å². The Bertz CT molecular complexity index is 435. The van der Waals surface area contributed by atoms with Crippen LogP contribution < -0.4 is 5.32 Å². The van der Waals surface area contributed by atoms with Gasteiger partial charge in [-0.25, -0.2) is 4.79 Å². The van der Waals surface area contributed by atoms with Crippen LogP contribution in [0.1, 0.15) is 41.6 Å². The van der Waals surface area contributed by atoms with Gasteiger partial charge >= 0.3 is 5.97 Å². The molecule has 1 aliphatic rings. The van der Waals surface area contributed by atoms with Gasteiger partial charge in [0.25, 0.3) is 0 Å². The van der Waals surface area contributed by atoms with Gasteiger partial charge in [0.15, 0.2) is 0 Å². The highest BCUT2D eigenvalue weighted by molar-refractivity contribution is 5.90. The first-order chi connectivity index (χ1) is 9.11. The molecule has 5 heteroatoms. The van der Waals surface area contributed by atoms with E-state index in [9.17, 15) is 4.79 Å². The molecule has 0 radical (unpaired) electrons. The third-order valence-electron chi connectivity index (χ3n) is 3.49. The van der Waals surface area contributed by atoms with Crippen LogP contribution in [0.15, 0.2) is 10.5 Å². The lowest BCUT2D eigenvalue weighted by Gasteiger charge is -2.19. The molecule has 0 spiro atoms. The van der Waals surface area contributed by atoms with Gasteiger partial charge in [-0.05, 0) is 32.8 Å². The second kappa shape index (κ2) is 6.21. The van der Waals surface area contributed by atoms with Gasteiger partial charge in [0, 0.05) is 12.6 Å². The Morgan fingerprint density at radius 2 is 2.42 bits per heavy atom. The van der Waals surface area contributed by atoms with Crippen LogP contribution in [0.25, 0.3) is 0 Å². The molecular formula is C14H21NO4. The van der Waals surface area contributed by atoms with Gasteiger partial charge in [0.1, 0.15) is 17.1 Å². The van der Waals surface area contributed by atoms with E-state index in [1.54, 1.807) is 13.0 Å². The first-order valence-corrected chi connectivity index (χ1v) is 6.64. The quantitative estimate of drug-likeness (QED) is 0.827. The molecule has 1 aromatic rings. The first kappa shape index (κ1) is 14.1. The standard InChI is InChI=1S/C14H21NO4/c1-9(13-5-4-6-18-13)15-8-11-7-12(10(2)19-11)14(16)17-3/h7,9,13,15H,4-6,8H2,1-3H3. The predicted molar refractivity (Wildman–Crippen MR) is 70.1 cm³/mol. The minimum absolute atomic E-state index is 0.273. The van der Waals surface area contributed by atoms with Gasteiger partial charge in [-0.2, -0.15) is 0 Å². The Hall–Kier alpha value is -1.33. The fourth-order valence-corrected chi connectivity index (χ4v) is 2.33. The molecule has 2 rings (SSSR count). The average molecular weight is 267 g/mol. The number of ether oxygens (including phenoxy) is 2. The summed E-state index contributed by atoms with van der Waals surface area (Å²) in [5.41, 5.74) is 0.490. The zero-order chi connectivity index (χ0) is 13.8. The summed E-state index contributed by atoms with van der Waals surface area (Å²) in [5, 5.41) is 3.37. The van der Waals surface area contributed by atoms with E-state index in [2.05, 4.69) is 12.2 Å². The predicted octanol–water partition coefficient (Wildman–Crippen LogP) is 2.03. The summed E-state index contributed by atoms with van der Waals surface area (Å²) in [5.74, 6) is 0.968. The SMILES string of the molecule is COC(=O)c1cc(CNC(C)C2CCCO2)oc1C. The van der Waals surface area contributed by atoms with Crippen molar-refractivity contribution in [3.05, 3.63) is 23.2 Å². The Labute approximate surface area is 113 Å². The molecule has 0 aliphatic carbocycles. The molecule has 1 N–H and O–H groups in total. The highest BCUT2D eigenvalue weighted by Gasteiger charge is 2.22. The van der Waals surface area contributed by atoms with Gasteiger partial charge in [-0.1, -0.05) is 0 Å². The molecule has 5 nitrogen and oxygen atoms in total. The van der Waals surface area contributed by atoms with E-state index >= 15 is 0 Å². The average Bonchev–Trinajstić information content (AvgIpc) is 3.04. The second-order valence-electron chi connectivity index (χ2n) is 4.90. The number of hydrogen-bond acceptors (Lipinski definition) is 5. The number of esters is 1. The summed E-state index contributed by atoms with van der Waals surface area (Å²) < 4.78 is 15.9. The molecule has 0 amide bonds. The summed E-state index contributed by atoms with van der Waals surface area (Å²) in [6, 6.07) is 2.01. The van der Waals surface area contributed by atoms with Gasteiger partial charge < -0.3 is 19.2 Å². The molecule has 2 unspecified atom stereocenters. The number of methoxy groups -OCH3 is 1. The van der Waals surface area contributed by atoms with E-state index in [1.807, 2.05) is 0 Å². The van der Waals surface area contributed by atoms with Crippen molar-refractivity contribution in [1.29, 1.82) is 0 Å². The second-order valence-corrected chi connectivity index (χ2v) is 4.90. The van der Waals surface area contributed by atoms with Crippen molar-refractivity contribution in [3.8, 4) is 0 Å². The monoisotopic (exact) mass is 267 g/mol. The highest BCUT2D eigenvalue weighted by atomic mass is 16.5. The third kappa shape index (κ3) is 3.36. The summed E-state index contributed by atoms with van der Waals surface area (Å²) >= 11 is 0. The molecule has 2 atom stereocenters. The molecule has 0 aromatic carbocycles. The van der Waals surface area contributed by atoms with Crippen LogP contribution in [0.3, 0.4) is 0 Å². The molecule has 19 heavy (non-hydrogen) atoms. The normalized spacial score (nSPS) is 20.5.